The van der Waals surface area contributed by atoms with E-state index in [4.69, 9.17) is 0 Å². The van der Waals surface area contributed by atoms with Crippen LogP contribution in [0.1, 0.15) is 52.4 Å². The van der Waals surface area contributed by atoms with Crippen LogP contribution in [0.25, 0.3) is 0 Å². The first-order valence-corrected chi connectivity index (χ1v) is 8.31. The summed E-state index contributed by atoms with van der Waals surface area (Å²) >= 11 is 0. The SMILES string of the molecule is CC(C)CC1NC2(CC2)C(=O)N1CC1CCCCN1C. The molecule has 20 heavy (non-hydrogen) atoms. The van der Waals surface area contributed by atoms with Gasteiger partial charge in [0.1, 0.15) is 0 Å². The van der Waals surface area contributed by atoms with Crippen molar-refractivity contribution in [3.8, 4) is 0 Å². The van der Waals surface area contributed by atoms with Crippen LogP contribution >= 0.6 is 0 Å². The molecule has 0 aromatic carbocycles. The number of likely N-dealkylation sites (tertiary alicyclic amines) is 1. The third-order valence-corrected chi connectivity index (χ3v) is 5.26. The normalized spacial score (nSPS) is 33.4. The van der Waals surface area contributed by atoms with E-state index >= 15 is 0 Å². The van der Waals surface area contributed by atoms with Crippen molar-refractivity contribution in [1.82, 2.24) is 15.1 Å². The largest absolute Gasteiger partial charge is 0.324 e. The average molecular weight is 279 g/mol. The highest BCUT2D eigenvalue weighted by Crippen LogP contribution is 2.43. The minimum atomic E-state index is -0.160. The van der Waals surface area contributed by atoms with Gasteiger partial charge in [-0.1, -0.05) is 20.3 Å². The van der Waals surface area contributed by atoms with Crippen LogP contribution in [0, 0.1) is 5.92 Å². The molecule has 3 fully saturated rings. The van der Waals surface area contributed by atoms with E-state index in [1.807, 2.05) is 0 Å². The number of rotatable bonds is 4. The van der Waals surface area contributed by atoms with E-state index in [0.29, 0.717) is 17.9 Å². The molecule has 2 heterocycles. The van der Waals surface area contributed by atoms with Crippen molar-refractivity contribution in [2.45, 2.75) is 70.1 Å². The fraction of sp³-hybridized carbons (Fsp3) is 0.938. The molecule has 1 amide bonds. The molecule has 0 bridgehead atoms. The Labute approximate surface area is 122 Å². The van der Waals surface area contributed by atoms with Crippen LogP contribution < -0.4 is 5.32 Å². The van der Waals surface area contributed by atoms with Crippen LogP contribution in [0.2, 0.25) is 0 Å². The quantitative estimate of drug-likeness (QED) is 0.852. The zero-order valence-electron chi connectivity index (χ0n) is 13.2. The number of nitrogens with one attached hydrogen (secondary N) is 1. The zero-order valence-corrected chi connectivity index (χ0v) is 13.2. The van der Waals surface area contributed by atoms with Gasteiger partial charge in [0.25, 0.3) is 0 Å². The second-order valence-corrected chi connectivity index (χ2v) is 7.46. The van der Waals surface area contributed by atoms with Crippen LogP contribution in [-0.4, -0.2) is 53.6 Å². The molecular formula is C16H29N3O. The Balaban J connectivity index is 1.69. The molecule has 2 atom stereocenters. The van der Waals surface area contributed by atoms with Gasteiger partial charge in [0.05, 0.1) is 11.7 Å². The molecule has 2 aliphatic heterocycles. The summed E-state index contributed by atoms with van der Waals surface area (Å²) in [6.45, 7) is 6.59. The Bertz CT molecular complexity index is 378. The maximum absolute atomic E-state index is 12.7. The van der Waals surface area contributed by atoms with Gasteiger partial charge in [0.15, 0.2) is 0 Å². The molecule has 1 spiro atoms. The summed E-state index contributed by atoms with van der Waals surface area (Å²) in [6, 6.07) is 0.554. The number of hydrogen-bond acceptors (Lipinski definition) is 3. The van der Waals surface area contributed by atoms with E-state index in [0.717, 1.165) is 25.8 Å². The number of hydrogen-bond donors (Lipinski definition) is 1. The highest BCUT2D eigenvalue weighted by atomic mass is 16.2. The molecule has 1 aliphatic carbocycles. The molecule has 2 unspecified atom stereocenters. The molecule has 1 saturated carbocycles. The zero-order chi connectivity index (χ0) is 14.3. The molecule has 0 radical (unpaired) electrons. The predicted molar refractivity (Wildman–Crippen MR) is 80.3 cm³/mol. The highest BCUT2D eigenvalue weighted by Gasteiger charge is 2.59. The molecule has 3 rings (SSSR count). The Morgan fingerprint density at radius 1 is 1.35 bits per heavy atom. The summed E-state index contributed by atoms with van der Waals surface area (Å²) in [5, 5.41) is 3.63. The van der Waals surface area contributed by atoms with E-state index in [-0.39, 0.29) is 11.7 Å². The second-order valence-electron chi connectivity index (χ2n) is 7.46. The molecule has 0 aromatic heterocycles. The third-order valence-electron chi connectivity index (χ3n) is 5.26. The maximum atomic E-state index is 12.7. The van der Waals surface area contributed by atoms with Crippen molar-refractivity contribution in [3.05, 3.63) is 0 Å². The molecule has 3 aliphatic rings. The Hall–Kier alpha value is -0.610. The summed E-state index contributed by atoms with van der Waals surface area (Å²) < 4.78 is 0. The minimum Gasteiger partial charge on any atom is -0.324 e. The van der Waals surface area contributed by atoms with Crippen LogP contribution in [0.4, 0.5) is 0 Å². The number of nitrogens with zero attached hydrogens (tertiary/aromatic N) is 2. The third kappa shape index (κ3) is 2.60. The van der Waals surface area contributed by atoms with Crippen molar-refractivity contribution in [2.24, 2.45) is 5.92 Å². The van der Waals surface area contributed by atoms with Crippen LogP contribution in [-0.2, 0) is 4.79 Å². The van der Waals surface area contributed by atoms with E-state index in [9.17, 15) is 4.79 Å². The Kier molecular flexibility index (Phi) is 3.80. The lowest BCUT2D eigenvalue weighted by Crippen LogP contribution is -2.49. The first-order valence-electron chi connectivity index (χ1n) is 8.31. The van der Waals surface area contributed by atoms with Crippen LogP contribution in [0.5, 0.6) is 0 Å². The minimum absolute atomic E-state index is 0.160. The lowest BCUT2D eigenvalue weighted by atomic mass is 10.0. The topological polar surface area (TPSA) is 35.6 Å². The number of amides is 1. The smallest absolute Gasteiger partial charge is 0.244 e. The molecular weight excluding hydrogens is 250 g/mol. The van der Waals surface area contributed by atoms with E-state index < -0.39 is 0 Å². The first kappa shape index (κ1) is 14.3. The molecule has 2 saturated heterocycles. The van der Waals surface area contributed by atoms with Gasteiger partial charge in [-0.15, -0.1) is 0 Å². The lowest BCUT2D eigenvalue weighted by Gasteiger charge is -2.37. The standard InChI is InChI=1S/C16H29N3O/c1-12(2)10-14-17-16(7-8-16)15(20)19(14)11-13-6-4-5-9-18(13)3/h12-14,17H,4-11H2,1-3H3. The summed E-state index contributed by atoms with van der Waals surface area (Å²) in [7, 11) is 2.21. The van der Waals surface area contributed by atoms with E-state index in [1.54, 1.807) is 0 Å². The van der Waals surface area contributed by atoms with Gasteiger partial charge in [-0.05, 0) is 51.6 Å². The van der Waals surface area contributed by atoms with Crippen molar-refractivity contribution >= 4 is 5.91 Å². The van der Waals surface area contributed by atoms with Gasteiger partial charge < -0.3 is 9.80 Å². The number of carbonyl (C=O) groups is 1. The molecule has 0 aromatic rings. The monoisotopic (exact) mass is 279 g/mol. The van der Waals surface area contributed by atoms with Crippen LogP contribution in [0.3, 0.4) is 0 Å². The van der Waals surface area contributed by atoms with Gasteiger partial charge >= 0.3 is 0 Å². The van der Waals surface area contributed by atoms with E-state index in [1.165, 1.54) is 25.8 Å². The summed E-state index contributed by atoms with van der Waals surface area (Å²) in [6.07, 6.45) is 7.27. The van der Waals surface area contributed by atoms with Gasteiger partial charge in [-0.2, -0.15) is 0 Å². The fourth-order valence-corrected chi connectivity index (χ4v) is 3.80. The van der Waals surface area contributed by atoms with Crippen molar-refractivity contribution in [2.75, 3.05) is 20.1 Å². The van der Waals surface area contributed by atoms with Gasteiger partial charge in [-0.25, -0.2) is 0 Å². The molecule has 4 heteroatoms. The fourth-order valence-electron chi connectivity index (χ4n) is 3.80. The summed E-state index contributed by atoms with van der Waals surface area (Å²) in [5.41, 5.74) is -0.160. The molecule has 4 nitrogen and oxygen atoms in total. The number of carbonyl (C=O) groups excluding carboxylic acids is 1. The van der Waals surface area contributed by atoms with E-state index in [2.05, 4.69) is 36.0 Å². The number of piperidine rings is 1. The first-order chi connectivity index (χ1) is 9.52. The van der Waals surface area contributed by atoms with Gasteiger partial charge in [0.2, 0.25) is 5.91 Å². The van der Waals surface area contributed by atoms with Crippen molar-refractivity contribution < 1.29 is 4.79 Å². The lowest BCUT2D eigenvalue weighted by molar-refractivity contribution is -0.131. The second kappa shape index (κ2) is 5.30. The highest BCUT2D eigenvalue weighted by molar-refractivity contribution is 5.91. The average Bonchev–Trinajstić information content (AvgIpc) is 3.12. The van der Waals surface area contributed by atoms with Gasteiger partial charge in [0, 0.05) is 12.6 Å². The Morgan fingerprint density at radius 2 is 2.10 bits per heavy atom. The number of likely N-dealkylation sites (N-methyl/N-ethyl adjacent to an activating group) is 1. The predicted octanol–water partition coefficient (Wildman–Crippen LogP) is 1.81. The van der Waals surface area contributed by atoms with Crippen LogP contribution in [0.15, 0.2) is 0 Å². The van der Waals surface area contributed by atoms with Crippen molar-refractivity contribution in [1.29, 1.82) is 0 Å². The molecule has 1 N–H and O–H groups in total. The summed E-state index contributed by atoms with van der Waals surface area (Å²) in [4.78, 5) is 17.3. The Morgan fingerprint density at radius 3 is 2.70 bits per heavy atom. The van der Waals surface area contributed by atoms with Crippen molar-refractivity contribution in [3.63, 3.8) is 0 Å². The van der Waals surface area contributed by atoms with Gasteiger partial charge in [-0.3, -0.25) is 10.1 Å². The molecule has 114 valence electrons. The summed E-state index contributed by atoms with van der Waals surface area (Å²) in [5.74, 6) is 1.00. The maximum Gasteiger partial charge on any atom is 0.244 e.